The Balaban J connectivity index is 3.31. The summed E-state index contributed by atoms with van der Waals surface area (Å²) in [4.78, 5) is 0. The molecule has 0 aliphatic carbocycles. The quantitative estimate of drug-likeness (QED) is 0.514. The summed E-state index contributed by atoms with van der Waals surface area (Å²) in [6, 6.07) is 0. The maximum atomic E-state index is 12.1. The normalized spacial score (nSPS) is 13.4. The summed E-state index contributed by atoms with van der Waals surface area (Å²) < 4.78 is 72.9. The van der Waals surface area contributed by atoms with Gasteiger partial charge in [-0.05, 0) is 6.20 Å². The van der Waals surface area contributed by atoms with E-state index in [1.807, 2.05) is 0 Å². The van der Waals surface area contributed by atoms with E-state index in [-0.39, 0.29) is 0 Å². The van der Waals surface area contributed by atoms with Gasteiger partial charge in [0.15, 0.2) is 0 Å². The highest BCUT2D eigenvalue weighted by atomic mass is 19.4. The highest BCUT2D eigenvalue weighted by Crippen LogP contribution is 2.28. The van der Waals surface area contributed by atoms with Crippen LogP contribution in [-0.4, -0.2) is 16.8 Å². The fourth-order valence-corrected chi connectivity index (χ4v) is 0.967. The Kier molecular flexibility index (Phi) is 2.28. The number of aryl methyl sites for hydroxylation is 1. The molecule has 0 saturated carbocycles. The van der Waals surface area contributed by atoms with Crippen LogP contribution < -0.4 is 5.46 Å². The Morgan fingerprint density at radius 3 is 2.07 bits per heavy atom. The lowest BCUT2D eigenvalue weighted by Crippen LogP contribution is -2.38. The smallest absolute Gasteiger partial charge is 0.445 e. The second-order valence-electron chi connectivity index (χ2n) is 2.68. The zero-order valence-corrected chi connectivity index (χ0v) is 6.82. The predicted molar refractivity (Wildman–Crippen MR) is 36.9 cm³/mol. The molecule has 14 heavy (non-hydrogen) atoms. The van der Waals surface area contributed by atoms with E-state index in [1.54, 1.807) is 0 Å². The molecule has 0 aliphatic rings. The van der Waals surface area contributed by atoms with Gasteiger partial charge in [0.2, 0.25) is 0 Å². The van der Waals surface area contributed by atoms with Gasteiger partial charge in [-0.15, -0.1) is 0 Å². The minimum Gasteiger partial charge on any atom is -0.445 e. The van der Waals surface area contributed by atoms with Crippen LogP contribution >= 0.6 is 0 Å². The standard InChI is InChI=1S/C5H4BF6N2/c1-14-2-3(6(10,11)12)4(13-14)5(7,8)9/h2H,1H3/q-1. The molecule has 0 bridgehead atoms. The van der Waals surface area contributed by atoms with Crippen molar-refractivity contribution in [3.05, 3.63) is 11.9 Å². The highest BCUT2D eigenvalue weighted by Gasteiger charge is 2.42. The van der Waals surface area contributed by atoms with Gasteiger partial charge in [-0.2, -0.15) is 18.3 Å². The van der Waals surface area contributed by atoms with Gasteiger partial charge in [0.25, 0.3) is 0 Å². The fourth-order valence-electron chi connectivity index (χ4n) is 0.967. The first kappa shape index (κ1) is 10.9. The van der Waals surface area contributed by atoms with Crippen molar-refractivity contribution >= 4 is 12.4 Å². The van der Waals surface area contributed by atoms with Crippen LogP contribution in [0.15, 0.2) is 6.20 Å². The van der Waals surface area contributed by atoms with Gasteiger partial charge < -0.3 is 12.9 Å². The summed E-state index contributed by atoms with van der Waals surface area (Å²) in [6.45, 7) is -5.68. The summed E-state index contributed by atoms with van der Waals surface area (Å²) in [5, 5.41) is 2.74. The lowest BCUT2D eigenvalue weighted by atomic mass is 9.80. The first-order valence-electron chi connectivity index (χ1n) is 3.43. The summed E-state index contributed by atoms with van der Waals surface area (Å²) in [5.74, 6) is 0. The lowest BCUT2D eigenvalue weighted by Gasteiger charge is -2.15. The van der Waals surface area contributed by atoms with Crippen molar-refractivity contribution in [3.63, 3.8) is 0 Å². The van der Waals surface area contributed by atoms with Gasteiger partial charge in [0.05, 0.1) is 0 Å². The van der Waals surface area contributed by atoms with Crippen molar-refractivity contribution < 1.29 is 26.1 Å². The van der Waals surface area contributed by atoms with Crippen LogP contribution in [0.25, 0.3) is 0 Å². The van der Waals surface area contributed by atoms with Gasteiger partial charge in [-0.1, -0.05) is 5.46 Å². The number of halogens is 6. The monoisotopic (exact) mass is 217 g/mol. The molecule has 0 fully saturated rings. The molecule has 0 unspecified atom stereocenters. The Bertz CT molecular complexity index is 305. The first-order chi connectivity index (χ1) is 6.12. The third-order valence-corrected chi connectivity index (χ3v) is 1.48. The van der Waals surface area contributed by atoms with Crippen LogP contribution in [0.4, 0.5) is 26.1 Å². The molecule has 1 rings (SSSR count). The number of aromatic nitrogens is 2. The molecule has 0 amide bonds. The second-order valence-corrected chi connectivity index (χ2v) is 2.68. The molecule has 1 aromatic rings. The maximum absolute atomic E-state index is 12.1. The molecule has 9 heteroatoms. The van der Waals surface area contributed by atoms with Crippen LogP contribution in [0, 0.1) is 0 Å². The molecule has 1 aromatic heterocycles. The molecular weight excluding hydrogens is 213 g/mol. The maximum Gasteiger partial charge on any atom is 0.513 e. The Labute approximate surface area is 74.6 Å². The van der Waals surface area contributed by atoms with E-state index < -0.39 is 24.3 Å². The van der Waals surface area contributed by atoms with Crippen molar-refractivity contribution in [2.75, 3.05) is 0 Å². The molecular formula is C5H4BF6N2-. The molecule has 80 valence electrons. The van der Waals surface area contributed by atoms with E-state index in [4.69, 9.17) is 0 Å². The zero-order chi connectivity index (χ0) is 11.1. The SMILES string of the molecule is Cn1cc([B-](F)(F)F)c(C(F)(F)F)n1. The lowest BCUT2D eigenvalue weighted by molar-refractivity contribution is -0.140. The van der Waals surface area contributed by atoms with Crippen LogP contribution in [0.1, 0.15) is 5.69 Å². The molecule has 0 spiro atoms. The first-order valence-corrected chi connectivity index (χ1v) is 3.43. The highest BCUT2D eigenvalue weighted by molar-refractivity contribution is 6.73. The number of nitrogens with zero attached hydrogens (tertiary/aromatic N) is 2. The molecule has 0 N–H and O–H groups in total. The number of rotatable bonds is 1. The Hall–Kier alpha value is -1.15. The fraction of sp³-hybridized carbons (Fsp3) is 0.400. The van der Waals surface area contributed by atoms with E-state index in [0.29, 0.717) is 10.9 Å². The zero-order valence-electron chi connectivity index (χ0n) is 6.82. The van der Waals surface area contributed by atoms with E-state index in [0.717, 1.165) is 7.05 Å². The van der Waals surface area contributed by atoms with E-state index in [9.17, 15) is 26.1 Å². The van der Waals surface area contributed by atoms with Gasteiger partial charge in [0, 0.05) is 7.05 Å². The average molecular weight is 217 g/mol. The molecule has 0 saturated heterocycles. The molecule has 0 atom stereocenters. The van der Waals surface area contributed by atoms with E-state index in [1.165, 1.54) is 0 Å². The topological polar surface area (TPSA) is 17.8 Å². The van der Waals surface area contributed by atoms with Crippen LogP contribution in [0.3, 0.4) is 0 Å². The average Bonchev–Trinajstić information content (AvgIpc) is 2.27. The summed E-state index contributed by atoms with van der Waals surface area (Å²) >= 11 is 0. The van der Waals surface area contributed by atoms with Crippen molar-refractivity contribution in [2.24, 2.45) is 7.05 Å². The van der Waals surface area contributed by atoms with Gasteiger partial charge >= 0.3 is 13.2 Å². The van der Waals surface area contributed by atoms with Crippen LogP contribution in [0.5, 0.6) is 0 Å². The number of alkyl halides is 3. The van der Waals surface area contributed by atoms with Crippen LogP contribution in [0.2, 0.25) is 0 Å². The van der Waals surface area contributed by atoms with Crippen molar-refractivity contribution in [2.45, 2.75) is 6.18 Å². The van der Waals surface area contributed by atoms with E-state index >= 15 is 0 Å². The molecule has 1 heterocycles. The van der Waals surface area contributed by atoms with Gasteiger partial charge in [-0.3, -0.25) is 4.68 Å². The third-order valence-electron chi connectivity index (χ3n) is 1.48. The van der Waals surface area contributed by atoms with Gasteiger partial charge in [-0.25, -0.2) is 0 Å². The minimum absolute atomic E-state index is 0.322. The van der Waals surface area contributed by atoms with Crippen molar-refractivity contribution in [1.82, 2.24) is 9.78 Å². The minimum atomic E-state index is -5.68. The van der Waals surface area contributed by atoms with E-state index in [2.05, 4.69) is 5.10 Å². The third kappa shape index (κ3) is 2.02. The van der Waals surface area contributed by atoms with Crippen molar-refractivity contribution in [1.29, 1.82) is 0 Å². The largest absolute Gasteiger partial charge is 0.513 e. The molecule has 2 nitrogen and oxygen atoms in total. The predicted octanol–water partition coefficient (Wildman–Crippen LogP) is 1.49. The summed E-state index contributed by atoms with van der Waals surface area (Å²) in [7, 11) is 1.00. The number of hydrogen-bond acceptors (Lipinski definition) is 1. The van der Waals surface area contributed by atoms with Gasteiger partial charge in [0.1, 0.15) is 5.69 Å². The second kappa shape index (κ2) is 2.92. The Morgan fingerprint density at radius 2 is 1.79 bits per heavy atom. The van der Waals surface area contributed by atoms with Crippen molar-refractivity contribution in [3.8, 4) is 0 Å². The van der Waals surface area contributed by atoms with Crippen LogP contribution in [-0.2, 0) is 13.2 Å². The molecule has 0 aliphatic heterocycles. The number of hydrogen-bond donors (Lipinski definition) is 0. The Morgan fingerprint density at radius 1 is 1.29 bits per heavy atom. The molecule has 0 radical (unpaired) electrons. The summed E-state index contributed by atoms with van der Waals surface area (Å²) in [5.41, 5.74) is -3.59. The molecule has 0 aromatic carbocycles. The summed E-state index contributed by atoms with van der Waals surface area (Å²) in [6.07, 6.45) is -4.75.